The highest BCUT2D eigenvalue weighted by molar-refractivity contribution is 7.99. The molecule has 2 aromatic heterocycles. The Kier molecular flexibility index (Phi) is 7.87. The number of nitrogens with zero attached hydrogens (tertiary/aromatic N) is 5. The van der Waals surface area contributed by atoms with Crippen LogP contribution in [0.4, 0.5) is 8.78 Å². The first-order valence-corrected chi connectivity index (χ1v) is 11.7. The Morgan fingerprint density at radius 3 is 2.63 bits per heavy atom. The highest BCUT2D eigenvalue weighted by Crippen LogP contribution is 2.40. The molecule has 35 heavy (non-hydrogen) atoms. The van der Waals surface area contributed by atoms with Crippen molar-refractivity contribution >= 4 is 35.0 Å². The molecule has 9 nitrogen and oxygen atoms in total. The second-order valence-corrected chi connectivity index (χ2v) is 9.43. The van der Waals surface area contributed by atoms with E-state index in [1.807, 2.05) is 6.07 Å². The quantitative estimate of drug-likeness (QED) is 0.450. The van der Waals surface area contributed by atoms with E-state index in [4.69, 9.17) is 32.7 Å². The predicted molar refractivity (Wildman–Crippen MR) is 122 cm³/mol. The number of thioether (sulfide) groups is 1. The van der Waals surface area contributed by atoms with Gasteiger partial charge in [-0.2, -0.15) is 5.26 Å². The number of aliphatic hydroxyl groups excluding tert-OH is 2. The zero-order valence-corrected chi connectivity index (χ0v) is 20.2. The Labute approximate surface area is 212 Å². The molecule has 1 aliphatic rings. The van der Waals surface area contributed by atoms with Gasteiger partial charge in [0.2, 0.25) is 0 Å². The number of aliphatic hydroxyl groups is 2. The summed E-state index contributed by atoms with van der Waals surface area (Å²) in [6.07, 6.45) is -0.480. The van der Waals surface area contributed by atoms with Crippen molar-refractivity contribution in [3.05, 3.63) is 58.0 Å². The third-order valence-electron chi connectivity index (χ3n) is 5.36. The third kappa shape index (κ3) is 5.12. The van der Waals surface area contributed by atoms with Crippen LogP contribution in [-0.2, 0) is 9.47 Å². The first-order valence-electron chi connectivity index (χ1n) is 10.0. The van der Waals surface area contributed by atoms with E-state index in [0.29, 0.717) is 9.92 Å². The lowest BCUT2D eigenvalue weighted by atomic mass is 9.97. The van der Waals surface area contributed by atoms with E-state index in [9.17, 15) is 24.3 Å². The van der Waals surface area contributed by atoms with Crippen molar-refractivity contribution in [2.75, 3.05) is 13.7 Å². The lowest BCUT2D eigenvalue weighted by Crippen LogP contribution is -2.55. The number of pyridine rings is 1. The van der Waals surface area contributed by atoms with Gasteiger partial charge in [0.05, 0.1) is 17.8 Å². The molecule has 3 aromatic rings. The smallest absolute Gasteiger partial charge is 0.154 e. The Morgan fingerprint density at radius 2 is 2.00 bits per heavy atom. The average Bonchev–Trinajstić information content (AvgIpc) is 3.32. The summed E-state index contributed by atoms with van der Waals surface area (Å²) in [4.78, 5) is 4.40. The van der Waals surface area contributed by atoms with Gasteiger partial charge in [-0.25, -0.2) is 18.4 Å². The van der Waals surface area contributed by atoms with E-state index in [1.54, 1.807) is 6.07 Å². The molecule has 0 amide bonds. The van der Waals surface area contributed by atoms with Crippen molar-refractivity contribution in [3.8, 4) is 17.3 Å². The number of rotatable bonds is 6. The van der Waals surface area contributed by atoms with Crippen LogP contribution in [-0.4, -0.2) is 67.7 Å². The van der Waals surface area contributed by atoms with Crippen LogP contribution in [0.1, 0.15) is 11.7 Å². The monoisotopic (exact) mass is 543 g/mol. The minimum Gasteiger partial charge on any atom is -0.394 e. The fraction of sp³-hybridized carbons (Fsp3) is 0.333. The third-order valence-corrected chi connectivity index (χ3v) is 7.10. The maximum atomic E-state index is 13.9. The molecule has 1 aliphatic heterocycles. The van der Waals surface area contributed by atoms with Gasteiger partial charge in [-0.3, -0.25) is 0 Å². The normalized spacial score (nSPS) is 24.3. The molecule has 1 aromatic carbocycles. The van der Waals surface area contributed by atoms with Gasteiger partial charge < -0.3 is 19.7 Å². The SMILES string of the molecule is CO[C@@H]1[C@@H](n2cc(-c3cc(F)c(Cl)c(F)c3)nn2)[C@@H](O)[C@@H](CO)O[C@@H]1Sc1cc(Cl)cnc1C#N. The van der Waals surface area contributed by atoms with Crippen LogP contribution < -0.4 is 0 Å². The minimum atomic E-state index is -1.29. The lowest BCUT2D eigenvalue weighted by molar-refractivity contribution is -0.186. The molecule has 0 saturated carbocycles. The number of hydrogen-bond acceptors (Lipinski definition) is 9. The molecule has 3 heterocycles. The number of ether oxygens (including phenoxy) is 2. The number of aromatic nitrogens is 4. The Morgan fingerprint density at radius 1 is 1.29 bits per heavy atom. The maximum Gasteiger partial charge on any atom is 0.154 e. The van der Waals surface area contributed by atoms with Crippen molar-refractivity contribution in [1.82, 2.24) is 20.0 Å². The molecular formula is C21H17Cl2F2N5O4S. The number of hydrogen-bond donors (Lipinski definition) is 2. The van der Waals surface area contributed by atoms with E-state index in [0.717, 1.165) is 23.9 Å². The van der Waals surface area contributed by atoms with Crippen LogP contribution >= 0.6 is 35.0 Å². The molecule has 0 radical (unpaired) electrons. The highest BCUT2D eigenvalue weighted by Gasteiger charge is 2.47. The second kappa shape index (κ2) is 10.7. The average molecular weight is 544 g/mol. The molecule has 4 rings (SSSR count). The highest BCUT2D eigenvalue weighted by atomic mass is 35.5. The zero-order valence-electron chi connectivity index (χ0n) is 17.8. The summed E-state index contributed by atoms with van der Waals surface area (Å²) in [6.45, 7) is -0.529. The van der Waals surface area contributed by atoms with Gasteiger partial charge >= 0.3 is 0 Å². The van der Waals surface area contributed by atoms with Crippen LogP contribution in [0.15, 0.2) is 35.5 Å². The molecule has 1 fully saturated rings. The van der Waals surface area contributed by atoms with Crippen molar-refractivity contribution in [2.45, 2.75) is 34.7 Å². The van der Waals surface area contributed by atoms with Crippen LogP contribution in [0.5, 0.6) is 0 Å². The number of halogens is 4. The van der Waals surface area contributed by atoms with Crippen molar-refractivity contribution in [3.63, 3.8) is 0 Å². The summed E-state index contributed by atoms with van der Waals surface area (Å²) in [5.74, 6) is -1.92. The molecular weight excluding hydrogens is 527 g/mol. The molecule has 0 spiro atoms. The molecule has 14 heteroatoms. The first-order chi connectivity index (χ1) is 16.8. The van der Waals surface area contributed by atoms with Crippen molar-refractivity contribution < 1.29 is 28.5 Å². The molecule has 5 atom stereocenters. The molecule has 0 unspecified atom stereocenters. The molecule has 184 valence electrons. The molecule has 2 N–H and O–H groups in total. The standard InChI is InChI=1S/C21H17Cl2F2N5O4S/c1-33-20-18(30-7-14(28-29-30)9-2-11(24)17(23)12(25)3-9)19(32)15(8-31)34-21(20)35-16-4-10(22)6-27-13(16)5-26/h2-4,6-7,15,18-21,31-32H,8H2,1H3/t15-,18+,19+,20-,21-/m1/s1. The fourth-order valence-corrected chi connectivity index (χ4v) is 5.28. The lowest BCUT2D eigenvalue weighted by Gasteiger charge is -2.43. The predicted octanol–water partition coefficient (Wildman–Crippen LogP) is 3.22. The summed E-state index contributed by atoms with van der Waals surface area (Å²) in [5, 5.41) is 37.8. The maximum absolute atomic E-state index is 13.9. The Balaban J connectivity index is 1.70. The van der Waals surface area contributed by atoms with Gasteiger partial charge in [-0.15, -0.1) is 5.10 Å². The first kappa shape index (κ1) is 25.7. The molecule has 0 aliphatic carbocycles. The van der Waals surface area contributed by atoms with Gasteiger partial charge in [0, 0.05) is 23.8 Å². The Bertz CT molecular complexity index is 1250. The summed E-state index contributed by atoms with van der Waals surface area (Å²) in [6, 6.07) is 4.61. The number of benzene rings is 1. The van der Waals surface area contributed by atoms with E-state index in [-0.39, 0.29) is 17.0 Å². The Hall–Kier alpha value is -2.37. The van der Waals surface area contributed by atoms with Gasteiger partial charge in [-0.05, 0) is 18.2 Å². The van der Waals surface area contributed by atoms with Crippen molar-refractivity contribution in [2.24, 2.45) is 0 Å². The minimum absolute atomic E-state index is 0.0828. The summed E-state index contributed by atoms with van der Waals surface area (Å²) >= 11 is 12.7. The fourth-order valence-electron chi connectivity index (χ4n) is 3.69. The number of nitriles is 1. The number of methoxy groups -OCH3 is 1. The van der Waals surface area contributed by atoms with Gasteiger partial charge in [-0.1, -0.05) is 40.2 Å². The van der Waals surface area contributed by atoms with Gasteiger partial charge in [0.1, 0.15) is 58.2 Å². The van der Waals surface area contributed by atoms with Crippen LogP contribution in [0, 0.1) is 23.0 Å². The summed E-state index contributed by atoms with van der Waals surface area (Å²) in [5.41, 5.74) is -0.532. The van der Waals surface area contributed by atoms with Crippen LogP contribution in [0.3, 0.4) is 0 Å². The zero-order chi connectivity index (χ0) is 25.3. The van der Waals surface area contributed by atoms with Gasteiger partial charge in [0.25, 0.3) is 0 Å². The molecule has 1 saturated heterocycles. The molecule has 0 bridgehead atoms. The van der Waals surface area contributed by atoms with Crippen molar-refractivity contribution in [1.29, 1.82) is 5.26 Å². The van der Waals surface area contributed by atoms with Crippen LogP contribution in [0.25, 0.3) is 11.3 Å². The largest absolute Gasteiger partial charge is 0.394 e. The van der Waals surface area contributed by atoms with Gasteiger partial charge in [0.15, 0.2) is 5.69 Å². The van der Waals surface area contributed by atoms with E-state index in [2.05, 4.69) is 15.3 Å². The topological polar surface area (TPSA) is 126 Å². The summed E-state index contributed by atoms with van der Waals surface area (Å²) in [7, 11) is 1.39. The van der Waals surface area contributed by atoms with E-state index in [1.165, 1.54) is 24.2 Å². The van der Waals surface area contributed by atoms with E-state index >= 15 is 0 Å². The van der Waals surface area contributed by atoms with Crippen LogP contribution in [0.2, 0.25) is 10.0 Å². The second-order valence-electron chi connectivity index (χ2n) is 7.47. The summed E-state index contributed by atoms with van der Waals surface area (Å²) < 4.78 is 40.7. The van der Waals surface area contributed by atoms with E-state index < -0.39 is 53.1 Å².